The first kappa shape index (κ1) is 94.4. The van der Waals surface area contributed by atoms with Gasteiger partial charge in [0, 0.05) is 66.1 Å². The molecule has 12 aromatic rings. The van der Waals surface area contributed by atoms with Crippen LogP contribution >= 0.6 is 0 Å². The first-order valence-corrected chi connectivity index (χ1v) is 47.5. The number of benzene rings is 4. The second kappa shape index (κ2) is 37.7. The Morgan fingerprint density at radius 2 is 0.518 bits per heavy atom. The van der Waals surface area contributed by atoms with Crippen molar-refractivity contribution in [3.63, 3.8) is 0 Å². The molecule has 20 rings (SSSR count). The number of ether oxygens (including phenoxy) is 16. The molecule has 0 amide bonds. The van der Waals surface area contributed by atoms with Crippen LogP contribution in [0, 0.1) is 0 Å². The number of esters is 8. The van der Waals surface area contributed by atoms with Crippen molar-refractivity contribution in [1.29, 1.82) is 0 Å². The number of hydrogen-bond acceptors (Lipinski definition) is 32. The van der Waals surface area contributed by atoms with Gasteiger partial charge in [0.25, 0.3) is 22.2 Å². The summed E-state index contributed by atoms with van der Waals surface area (Å²) in [5.74, 6) is -8.03. The molecule has 36 heteroatoms. The fraction of sp³-hybridized carbons (Fsp3) is 0.390. The van der Waals surface area contributed by atoms with Crippen LogP contribution in [-0.2, 0) is 215 Å². The van der Waals surface area contributed by atoms with Gasteiger partial charge in [0.2, 0.25) is 22.4 Å². The van der Waals surface area contributed by atoms with E-state index in [1.54, 1.807) is 70.2 Å². The summed E-state index contributed by atoms with van der Waals surface area (Å²) in [5.41, 5.74) is 4.52. The van der Waals surface area contributed by atoms with E-state index in [2.05, 4.69) is 0 Å². The molecule has 141 heavy (non-hydrogen) atoms. The van der Waals surface area contributed by atoms with Crippen LogP contribution in [0.5, 0.6) is 0 Å². The summed E-state index contributed by atoms with van der Waals surface area (Å²) < 4.78 is 102. The van der Waals surface area contributed by atoms with Crippen LogP contribution in [0.4, 0.5) is 0 Å². The number of carbonyl (C=O) groups excluding carboxylic acids is 8. The van der Waals surface area contributed by atoms with Crippen molar-refractivity contribution < 1.29 is 114 Å². The van der Waals surface area contributed by atoms with E-state index in [4.69, 9.17) is 95.7 Å². The lowest BCUT2D eigenvalue weighted by Crippen LogP contribution is -2.48. The van der Waals surface area contributed by atoms with Gasteiger partial charge >= 0.3 is 53.9 Å². The van der Waals surface area contributed by atoms with Crippen LogP contribution in [0.25, 0.3) is 89.2 Å². The highest BCUT2D eigenvalue weighted by Crippen LogP contribution is 2.49. The lowest BCUT2D eigenvalue weighted by Gasteiger charge is -2.35. The summed E-state index contributed by atoms with van der Waals surface area (Å²) in [6.07, 6.45) is -0.983. The summed E-state index contributed by atoms with van der Waals surface area (Å²) in [4.78, 5) is 193. The molecule has 0 spiro atoms. The summed E-state index contributed by atoms with van der Waals surface area (Å²) in [7, 11) is 0. The molecule has 0 saturated heterocycles. The monoisotopic (exact) mass is 1920 g/mol. The van der Waals surface area contributed by atoms with E-state index < -0.39 is 204 Å². The highest BCUT2D eigenvalue weighted by molar-refractivity contribution is 5.96. The number of para-hydroxylation sites is 4. The molecule has 8 aromatic heterocycles. The van der Waals surface area contributed by atoms with E-state index in [-0.39, 0.29) is 96.4 Å². The molecule has 36 nitrogen and oxygen atoms in total. The molecular formula is C105H100N8O28. The van der Waals surface area contributed by atoms with Gasteiger partial charge < -0.3 is 94.1 Å². The number of rotatable bonds is 36. The van der Waals surface area contributed by atoms with Crippen molar-refractivity contribution in [2.75, 3.05) is 79.3 Å². The van der Waals surface area contributed by atoms with E-state index in [9.17, 15) is 57.5 Å². The Morgan fingerprint density at radius 3 is 0.723 bits per heavy atom. The molecule has 4 aromatic carbocycles. The number of hydrogen-bond donors (Lipinski definition) is 0. The molecule has 0 aliphatic carbocycles. The van der Waals surface area contributed by atoms with Gasteiger partial charge in [0.15, 0.2) is 0 Å². The lowest BCUT2D eigenvalue weighted by atomic mass is 9.85. The van der Waals surface area contributed by atoms with Gasteiger partial charge in [-0.3, -0.25) is 19.2 Å². The van der Waals surface area contributed by atoms with Crippen molar-refractivity contribution in [2.45, 2.75) is 188 Å². The molecule has 0 unspecified atom stereocenters. The minimum Gasteiger partial charge on any atom is -0.457 e. The van der Waals surface area contributed by atoms with E-state index >= 15 is 0 Å². The highest BCUT2D eigenvalue weighted by Gasteiger charge is 2.56. The third-order valence-corrected chi connectivity index (χ3v) is 28.2. The first-order valence-electron chi connectivity index (χ1n) is 47.5. The average molecular weight is 1920 g/mol. The van der Waals surface area contributed by atoms with Crippen LogP contribution in [0.1, 0.15) is 170 Å². The van der Waals surface area contributed by atoms with Gasteiger partial charge in [-0.1, -0.05) is 128 Å². The first-order chi connectivity index (χ1) is 68.4. The minimum absolute atomic E-state index is 0.102. The van der Waals surface area contributed by atoms with E-state index in [0.717, 1.165) is 66.1 Å². The number of fused-ring (bicyclic) bond motifs is 20. The van der Waals surface area contributed by atoms with E-state index in [1.807, 2.05) is 125 Å². The number of nitrogens with zero attached hydrogens (tertiary/aromatic N) is 8. The predicted molar refractivity (Wildman–Crippen MR) is 501 cm³/mol. The number of cyclic esters (lactones) is 4. The van der Waals surface area contributed by atoms with Crippen molar-refractivity contribution in [2.24, 2.45) is 0 Å². The molecule has 0 N–H and O–H groups in total. The zero-order chi connectivity index (χ0) is 98.3. The van der Waals surface area contributed by atoms with Crippen LogP contribution < -0.4 is 22.2 Å². The highest BCUT2D eigenvalue weighted by atomic mass is 17.0. The third kappa shape index (κ3) is 15.7. The predicted octanol–water partition coefficient (Wildman–Crippen LogP) is 10.6. The molecule has 0 saturated carbocycles. The Labute approximate surface area is 804 Å². The van der Waals surface area contributed by atoms with Gasteiger partial charge in [0.1, 0.15) is 52.9 Å². The van der Waals surface area contributed by atoms with Crippen LogP contribution in [0.15, 0.2) is 141 Å². The smallest absolute Gasteiger partial charge is 0.413 e. The molecular weight excluding hydrogens is 1820 g/mol. The molecule has 8 aliphatic rings. The summed E-state index contributed by atoms with van der Waals surface area (Å²) in [6, 6.07) is 37.2. The molecule has 0 bridgehead atoms. The molecule has 4 atom stereocenters. The van der Waals surface area contributed by atoms with Crippen LogP contribution in [-0.4, -0.2) is 171 Å². The largest absolute Gasteiger partial charge is 0.457 e. The van der Waals surface area contributed by atoms with Crippen molar-refractivity contribution in [1.82, 2.24) is 38.2 Å². The number of aryl methyl sites for hydroxylation is 4. The Kier molecular flexibility index (Phi) is 25.3. The maximum Gasteiger partial charge on any atom is 0.413 e. The van der Waals surface area contributed by atoms with E-state index in [0.29, 0.717) is 93.3 Å². The topological polar surface area (TPSA) is 424 Å². The standard InChI is InChI=1S/C105H100N8O28/c1-9-57-61-25-17-21-29-77(61)106-89-65(57)45-110-81(89)41-73-69(93(110)118)49-130-97(122)101(73,13-5)138-85(114)53-126-33-37-134-105(135-38-34-127-54-86(115)139-102(14-6)74-42-82-90-66(46-111(82)94(119)70(74)50-131-98(102)123)58(10-2)62-26-18-22-30-78(62)107-90,136-39-35-128-55-87(116)140-103(15-7)75-43-83-91-67(47-112(83)95(120)71(75)51-132-99(103)124)59(11-3)63-27-19-23-31-79(63)108-91)137-40-36-129-56-88(117)141-104(16-8)76-44-84-92-68(48-113(84)96(121)72(76)52-133-100(104)125)60(12-4)64-28-20-24-32-80(64)109-92/h17-32,41-44H,9-16,33-40,45-56H2,1-8H3/t101-,102-,103-,104-/m0/s1. The molecule has 0 radical (unpaired) electrons. The molecule has 8 aliphatic heterocycles. The van der Waals surface area contributed by atoms with Gasteiger partial charge in [-0.15, -0.1) is 0 Å². The van der Waals surface area contributed by atoms with Gasteiger partial charge in [-0.05, 0) is 122 Å². The summed E-state index contributed by atoms with van der Waals surface area (Å²) in [6.45, 7) is 5.73. The number of aromatic nitrogens is 8. The Balaban J connectivity index is 0.566. The van der Waals surface area contributed by atoms with Crippen molar-refractivity contribution in [3.05, 3.63) is 252 Å². The average Bonchev–Trinajstić information content (AvgIpc) is 1.62. The second-order valence-electron chi connectivity index (χ2n) is 35.4. The summed E-state index contributed by atoms with van der Waals surface area (Å²) >= 11 is 0. The van der Waals surface area contributed by atoms with Crippen molar-refractivity contribution >= 4 is 91.4 Å². The molecule has 0 fully saturated rings. The quantitative estimate of drug-likeness (QED) is 0.0152. The van der Waals surface area contributed by atoms with E-state index in [1.165, 1.54) is 0 Å². The van der Waals surface area contributed by atoms with Gasteiger partial charge in [0.05, 0.1) is 169 Å². The zero-order valence-electron chi connectivity index (χ0n) is 78.9. The SMILES string of the molecule is CCc1c2c(nc3ccccc13)-c1cc3c(c(=O)n1C2)COC(=O)[C@@]3(CC)OC(=O)COCCOC(OCCOCC(=O)O[C@]1(CC)C(=O)OCc2c1cc1n(c2=O)Cc2c-1nc1ccccc1c2CC)(OCCOCC(=O)O[C@]1(CC)C(=O)OCc2c1cc1n(c2=O)Cc2c-1nc1ccccc1c2CC)OCCOCC(=O)O[C@]1(CC)C(=O)OCc2c1cc1n(c2=O)Cc2c-1nc1ccccc1c2CC. The number of carbonyl (C=O) groups is 8. The Morgan fingerprint density at radius 1 is 0.305 bits per heavy atom. The Hall–Kier alpha value is -14.2. The van der Waals surface area contributed by atoms with Gasteiger partial charge in [-0.25, -0.2) is 58.3 Å². The number of pyridine rings is 8. The maximum atomic E-state index is 14.6. The summed E-state index contributed by atoms with van der Waals surface area (Å²) in [5, 5.41) is 3.74. The molecule has 728 valence electrons. The third-order valence-electron chi connectivity index (χ3n) is 28.2. The minimum atomic E-state index is -2.79. The lowest BCUT2D eigenvalue weighted by molar-refractivity contribution is -0.501. The van der Waals surface area contributed by atoms with Gasteiger partial charge in [-0.2, -0.15) is 0 Å². The second-order valence-corrected chi connectivity index (χ2v) is 35.4. The van der Waals surface area contributed by atoms with Crippen molar-refractivity contribution in [3.8, 4) is 45.6 Å². The molecule has 16 heterocycles. The van der Waals surface area contributed by atoms with Crippen LogP contribution in [0.3, 0.4) is 0 Å². The Bertz CT molecular complexity index is 6680. The fourth-order valence-electron chi connectivity index (χ4n) is 21.4. The van der Waals surface area contributed by atoms with Crippen LogP contribution in [0.2, 0.25) is 0 Å². The normalized spacial score (nSPS) is 18.6. The maximum absolute atomic E-state index is 14.6. The zero-order valence-corrected chi connectivity index (χ0v) is 78.9. The fourth-order valence-corrected chi connectivity index (χ4v) is 21.4.